The number of hydrogen-bond donors (Lipinski definition) is 3. The molecule has 1 aliphatic carbocycles. The molecule has 120 valence electrons. The Hall–Kier alpha value is -1.59. The van der Waals surface area contributed by atoms with Crippen molar-refractivity contribution in [2.24, 2.45) is 5.92 Å². The highest BCUT2D eigenvalue weighted by atomic mass is 16.4. The Morgan fingerprint density at radius 1 is 1.10 bits per heavy atom. The molecule has 3 N–H and O–H groups in total. The van der Waals surface area contributed by atoms with Crippen LogP contribution in [-0.2, 0) is 14.4 Å². The van der Waals surface area contributed by atoms with Gasteiger partial charge in [0.2, 0.25) is 11.8 Å². The summed E-state index contributed by atoms with van der Waals surface area (Å²) in [6.45, 7) is 3.80. The maximum atomic E-state index is 11.7. The zero-order chi connectivity index (χ0) is 15.8. The Bertz CT molecular complexity index is 376. The SMILES string of the molecule is CC(C)CC(NC(=O)CCC(=O)NC1CCCC1)C(=O)O. The molecule has 2 amide bonds. The quantitative estimate of drug-likeness (QED) is 0.632. The minimum atomic E-state index is -1.03. The number of carbonyl (C=O) groups excluding carboxylic acids is 2. The summed E-state index contributed by atoms with van der Waals surface area (Å²) in [6.07, 6.45) is 4.81. The van der Waals surface area contributed by atoms with Crippen LogP contribution in [0, 0.1) is 5.92 Å². The Labute approximate surface area is 125 Å². The van der Waals surface area contributed by atoms with Gasteiger partial charge < -0.3 is 15.7 Å². The summed E-state index contributed by atoms with van der Waals surface area (Å²) >= 11 is 0. The van der Waals surface area contributed by atoms with Crippen LogP contribution < -0.4 is 10.6 Å². The summed E-state index contributed by atoms with van der Waals surface area (Å²) in [4.78, 5) is 34.5. The topological polar surface area (TPSA) is 95.5 Å². The Balaban J connectivity index is 2.28. The molecular weight excluding hydrogens is 272 g/mol. The first-order valence-electron chi connectivity index (χ1n) is 7.70. The monoisotopic (exact) mass is 298 g/mol. The van der Waals surface area contributed by atoms with Crippen LogP contribution >= 0.6 is 0 Å². The summed E-state index contributed by atoms with van der Waals surface area (Å²) < 4.78 is 0. The molecular formula is C15H26N2O4. The van der Waals surface area contributed by atoms with Crippen LogP contribution in [0.2, 0.25) is 0 Å². The van der Waals surface area contributed by atoms with Gasteiger partial charge in [0.1, 0.15) is 6.04 Å². The highest BCUT2D eigenvalue weighted by molar-refractivity contribution is 5.86. The molecule has 1 fully saturated rings. The fourth-order valence-corrected chi connectivity index (χ4v) is 2.56. The molecule has 1 unspecified atom stereocenters. The molecule has 6 heteroatoms. The van der Waals surface area contributed by atoms with Gasteiger partial charge in [0.15, 0.2) is 0 Å². The third kappa shape index (κ3) is 7.11. The second-order valence-corrected chi connectivity index (χ2v) is 6.14. The lowest BCUT2D eigenvalue weighted by atomic mass is 10.0. The minimum absolute atomic E-state index is 0.0282. The van der Waals surface area contributed by atoms with E-state index in [2.05, 4.69) is 10.6 Å². The number of carboxylic acids is 1. The Morgan fingerprint density at radius 2 is 1.67 bits per heavy atom. The second-order valence-electron chi connectivity index (χ2n) is 6.14. The number of hydrogen-bond acceptors (Lipinski definition) is 3. The van der Waals surface area contributed by atoms with Crippen molar-refractivity contribution in [3.63, 3.8) is 0 Å². The predicted octanol–water partition coefficient (Wildman–Crippen LogP) is 1.44. The zero-order valence-corrected chi connectivity index (χ0v) is 12.9. The fourth-order valence-electron chi connectivity index (χ4n) is 2.56. The molecule has 0 aromatic heterocycles. The van der Waals surface area contributed by atoms with Gasteiger partial charge in [-0.15, -0.1) is 0 Å². The highest BCUT2D eigenvalue weighted by Gasteiger charge is 2.22. The van der Waals surface area contributed by atoms with Gasteiger partial charge in [0.25, 0.3) is 0 Å². The van der Waals surface area contributed by atoms with Crippen LogP contribution in [0.15, 0.2) is 0 Å². The van der Waals surface area contributed by atoms with Crippen molar-refractivity contribution in [1.29, 1.82) is 0 Å². The number of carboxylic acid groups (broad SMARTS) is 1. The average Bonchev–Trinajstić information content (AvgIpc) is 2.87. The van der Waals surface area contributed by atoms with E-state index in [9.17, 15) is 14.4 Å². The van der Waals surface area contributed by atoms with Crippen LogP contribution in [0.25, 0.3) is 0 Å². The summed E-state index contributed by atoms with van der Waals surface area (Å²) in [6, 6.07) is -0.635. The molecule has 0 radical (unpaired) electrons. The van der Waals surface area contributed by atoms with Crippen molar-refractivity contribution >= 4 is 17.8 Å². The molecule has 21 heavy (non-hydrogen) atoms. The van der Waals surface area contributed by atoms with E-state index in [4.69, 9.17) is 5.11 Å². The molecule has 6 nitrogen and oxygen atoms in total. The summed E-state index contributed by atoms with van der Waals surface area (Å²) in [5.74, 6) is -1.37. The van der Waals surface area contributed by atoms with E-state index >= 15 is 0 Å². The molecule has 0 aromatic carbocycles. The highest BCUT2D eigenvalue weighted by Crippen LogP contribution is 2.17. The summed E-state index contributed by atoms with van der Waals surface area (Å²) in [5, 5.41) is 14.4. The fraction of sp³-hybridized carbons (Fsp3) is 0.800. The first kappa shape index (κ1) is 17.5. The van der Waals surface area contributed by atoms with Gasteiger partial charge in [-0.1, -0.05) is 26.7 Å². The van der Waals surface area contributed by atoms with Crippen LogP contribution in [0.4, 0.5) is 0 Å². The Kier molecular flexibility index (Phi) is 7.19. The predicted molar refractivity (Wildman–Crippen MR) is 78.7 cm³/mol. The van der Waals surface area contributed by atoms with E-state index in [1.807, 2.05) is 13.8 Å². The van der Waals surface area contributed by atoms with Gasteiger partial charge in [0.05, 0.1) is 0 Å². The van der Waals surface area contributed by atoms with Crippen molar-refractivity contribution in [2.75, 3.05) is 0 Å². The summed E-state index contributed by atoms with van der Waals surface area (Å²) in [7, 11) is 0. The van der Waals surface area contributed by atoms with Crippen LogP contribution in [-0.4, -0.2) is 35.0 Å². The average molecular weight is 298 g/mol. The molecule has 0 spiro atoms. The number of carbonyl (C=O) groups is 3. The van der Waals surface area contributed by atoms with Gasteiger partial charge >= 0.3 is 5.97 Å². The van der Waals surface area contributed by atoms with E-state index < -0.39 is 12.0 Å². The van der Waals surface area contributed by atoms with Gasteiger partial charge in [0, 0.05) is 18.9 Å². The molecule has 1 saturated carbocycles. The van der Waals surface area contributed by atoms with Crippen molar-refractivity contribution in [1.82, 2.24) is 10.6 Å². The molecule has 0 aromatic rings. The largest absolute Gasteiger partial charge is 0.480 e. The van der Waals surface area contributed by atoms with E-state index in [0.29, 0.717) is 6.42 Å². The van der Waals surface area contributed by atoms with Crippen LogP contribution in [0.5, 0.6) is 0 Å². The zero-order valence-electron chi connectivity index (χ0n) is 12.9. The van der Waals surface area contributed by atoms with Gasteiger partial charge in [-0.3, -0.25) is 9.59 Å². The molecule has 1 rings (SSSR count). The first-order chi connectivity index (χ1) is 9.88. The minimum Gasteiger partial charge on any atom is -0.480 e. The number of rotatable bonds is 8. The van der Waals surface area contributed by atoms with Gasteiger partial charge in [-0.25, -0.2) is 4.79 Å². The first-order valence-corrected chi connectivity index (χ1v) is 7.70. The maximum absolute atomic E-state index is 11.7. The van der Waals surface area contributed by atoms with Crippen molar-refractivity contribution in [3.05, 3.63) is 0 Å². The molecule has 1 atom stereocenters. The van der Waals surface area contributed by atoms with E-state index in [0.717, 1.165) is 25.7 Å². The van der Waals surface area contributed by atoms with Crippen molar-refractivity contribution < 1.29 is 19.5 Å². The van der Waals surface area contributed by atoms with Crippen molar-refractivity contribution in [3.8, 4) is 0 Å². The number of amides is 2. The lowest BCUT2D eigenvalue weighted by molar-refractivity contribution is -0.142. The van der Waals surface area contributed by atoms with Crippen LogP contribution in [0.1, 0.15) is 58.8 Å². The lowest BCUT2D eigenvalue weighted by Crippen LogP contribution is -2.42. The Morgan fingerprint density at radius 3 is 2.19 bits per heavy atom. The molecule has 0 aliphatic heterocycles. The lowest BCUT2D eigenvalue weighted by Gasteiger charge is -2.16. The number of aliphatic carboxylic acids is 1. The van der Waals surface area contributed by atoms with Gasteiger partial charge in [-0.2, -0.15) is 0 Å². The van der Waals surface area contributed by atoms with Crippen molar-refractivity contribution in [2.45, 2.75) is 70.9 Å². The maximum Gasteiger partial charge on any atom is 0.326 e. The molecule has 0 saturated heterocycles. The molecule has 0 heterocycles. The standard InChI is InChI=1S/C15H26N2O4/c1-10(2)9-12(15(20)21)17-14(19)8-7-13(18)16-11-5-3-4-6-11/h10-12H,3-9H2,1-2H3,(H,16,18)(H,17,19)(H,20,21). The smallest absolute Gasteiger partial charge is 0.326 e. The third-order valence-electron chi connectivity index (χ3n) is 3.64. The number of nitrogens with one attached hydrogen (secondary N) is 2. The van der Waals surface area contributed by atoms with E-state index in [-0.39, 0.29) is 36.6 Å². The molecule has 0 bridgehead atoms. The summed E-state index contributed by atoms with van der Waals surface area (Å²) in [5.41, 5.74) is 0. The normalized spacial score (nSPS) is 16.7. The van der Waals surface area contributed by atoms with Crippen LogP contribution in [0.3, 0.4) is 0 Å². The van der Waals surface area contributed by atoms with Gasteiger partial charge in [-0.05, 0) is 25.2 Å². The molecule has 1 aliphatic rings. The van der Waals surface area contributed by atoms with E-state index in [1.54, 1.807) is 0 Å². The second kappa shape index (κ2) is 8.64. The van der Waals surface area contributed by atoms with E-state index in [1.165, 1.54) is 0 Å². The third-order valence-corrected chi connectivity index (χ3v) is 3.64.